The minimum Gasteiger partial charge on any atom is -0.321 e. The molecule has 0 fully saturated rings. The summed E-state index contributed by atoms with van der Waals surface area (Å²) in [6.45, 7) is 0. The van der Waals surface area contributed by atoms with E-state index in [4.69, 9.17) is 23.2 Å². The van der Waals surface area contributed by atoms with Gasteiger partial charge in [0.2, 0.25) is 0 Å². The molecule has 0 saturated heterocycles. The molecule has 17 heavy (non-hydrogen) atoms. The van der Waals surface area contributed by atoms with Crippen molar-refractivity contribution in [2.24, 2.45) is 0 Å². The molecule has 1 aromatic carbocycles. The molecule has 0 bridgehead atoms. The molecule has 1 heterocycles. The number of rotatable bonds is 1. The Morgan fingerprint density at radius 3 is 1.82 bits per heavy atom. The molecular weight excluding hydrogens is 274 g/mol. The number of hydrogen-bond donors (Lipinski definition) is 0. The Balaban J connectivity index is 2.58. The summed E-state index contributed by atoms with van der Waals surface area (Å²) in [5, 5.41) is -0.0814. The average molecular weight is 280 g/mol. The van der Waals surface area contributed by atoms with Gasteiger partial charge >= 0.3 is 6.18 Å². The minimum absolute atomic E-state index is 0.0407. The predicted octanol–water partition coefficient (Wildman–Crippen LogP) is 4.80. The fourth-order valence-electron chi connectivity index (χ4n) is 1.46. The fraction of sp³-hybridized carbons (Fsp3) is 0.0909. The molecule has 2 rings (SSSR count). The van der Waals surface area contributed by atoms with Crippen molar-refractivity contribution in [3.63, 3.8) is 0 Å². The first-order valence-electron chi connectivity index (χ1n) is 4.59. The van der Waals surface area contributed by atoms with Gasteiger partial charge in [-0.15, -0.1) is 0 Å². The maximum Gasteiger partial charge on any atom is 0.416 e. The van der Waals surface area contributed by atoms with Gasteiger partial charge in [-0.3, -0.25) is 0 Å². The first-order chi connectivity index (χ1) is 7.89. The Hall–Kier alpha value is -1.13. The molecule has 0 aliphatic rings. The van der Waals surface area contributed by atoms with Crippen LogP contribution in [0.2, 0.25) is 10.0 Å². The highest BCUT2D eigenvalue weighted by Crippen LogP contribution is 2.37. The predicted molar refractivity (Wildman–Crippen MR) is 60.8 cm³/mol. The van der Waals surface area contributed by atoms with E-state index >= 15 is 0 Å². The molecule has 0 N–H and O–H groups in total. The maximum atomic E-state index is 12.5. The molecule has 0 unspecified atom stereocenters. The SMILES string of the molecule is FC(F)(F)c1cc(Cl)c(-n2cccc2)c(Cl)c1. The summed E-state index contributed by atoms with van der Waals surface area (Å²) in [6, 6.07) is 5.18. The third-order valence-corrected chi connectivity index (χ3v) is 2.78. The molecular formula is C11H6Cl2F3N. The van der Waals surface area contributed by atoms with Crippen LogP contribution in [0.3, 0.4) is 0 Å². The van der Waals surface area contributed by atoms with Gasteiger partial charge in [0.05, 0.1) is 21.3 Å². The molecule has 0 spiro atoms. The van der Waals surface area contributed by atoms with E-state index in [0.29, 0.717) is 5.69 Å². The lowest BCUT2D eigenvalue weighted by Crippen LogP contribution is -2.06. The topological polar surface area (TPSA) is 4.93 Å². The quantitative estimate of drug-likeness (QED) is 0.706. The largest absolute Gasteiger partial charge is 0.416 e. The normalized spacial score (nSPS) is 11.8. The van der Waals surface area contributed by atoms with Crippen molar-refractivity contribution in [1.82, 2.24) is 4.57 Å². The smallest absolute Gasteiger partial charge is 0.321 e. The molecule has 0 saturated carbocycles. The molecule has 0 amide bonds. The van der Waals surface area contributed by atoms with Gasteiger partial charge in [0, 0.05) is 12.4 Å². The number of alkyl halides is 3. The summed E-state index contributed by atoms with van der Waals surface area (Å²) in [5.74, 6) is 0. The van der Waals surface area contributed by atoms with Gasteiger partial charge in [-0.05, 0) is 24.3 Å². The fourth-order valence-corrected chi connectivity index (χ4v) is 2.14. The van der Waals surface area contributed by atoms with E-state index in [0.717, 1.165) is 12.1 Å². The summed E-state index contributed by atoms with van der Waals surface area (Å²) >= 11 is 11.7. The molecule has 0 aliphatic heterocycles. The number of aromatic nitrogens is 1. The van der Waals surface area contributed by atoms with Crippen LogP contribution in [0.5, 0.6) is 0 Å². The number of halogens is 5. The minimum atomic E-state index is -4.46. The van der Waals surface area contributed by atoms with Crippen LogP contribution in [0.4, 0.5) is 13.2 Å². The maximum absolute atomic E-state index is 12.5. The Kier molecular flexibility index (Phi) is 3.10. The van der Waals surface area contributed by atoms with Gasteiger partial charge in [0.15, 0.2) is 0 Å². The molecule has 1 nitrogen and oxygen atoms in total. The number of nitrogens with zero attached hydrogens (tertiary/aromatic N) is 1. The summed E-state index contributed by atoms with van der Waals surface area (Å²) in [5.41, 5.74) is -0.519. The van der Waals surface area contributed by atoms with Crippen molar-refractivity contribution >= 4 is 23.2 Å². The van der Waals surface area contributed by atoms with Gasteiger partial charge in [0.1, 0.15) is 0 Å². The Labute approximate surface area is 105 Å². The lowest BCUT2D eigenvalue weighted by molar-refractivity contribution is -0.137. The van der Waals surface area contributed by atoms with Crippen LogP contribution < -0.4 is 0 Å². The molecule has 0 aliphatic carbocycles. The van der Waals surface area contributed by atoms with Crippen molar-refractivity contribution in [2.75, 3.05) is 0 Å². The van der Waals surface area contributed by atoms with Crippen LogP contribution in [0, 0.1) is 0 Å². The van der Waals surface area contributed by atoms with E-state index in [1.807, 2.05) is 0 Å². The molecule has 1 aromatic heterocycles. The Morgan fingerprint density at radius 1 is 0.941 bits per heavy atom. The zero-order valence-corrected chi connectivity index (χ0v) is 9.81. The van der Waals surface area contributed by atoms with E-state index in [-0.39, 0.29) is 10.0 Å². The van der Waals surface area contributed by atoms with E-state index in [2.05, 4.69) is 0 Å². The molecule has 0 atom stereocenters. The highest BCUT2D eigenvalue weighted by Gasteiger charge is 2.32. The zero-order chi connectivity index (χ0) is 12.6. The molecule has 6 heteroatoms. The van der Waals surface area contributed by atoms with Crippen molar-refractivity contribution in [3.8, 4) is 5.69 Å². The van der Waals surface area contributed by atoms with Crippen molar-refractivity contribution in [1.29, 1.82) is 0 Å². The first-order valence-corrected chi connectivity index (χ1v) is 5.35. The van der Waals surface area contributed by atoms with Crippen molar-refractivity contribution in [3.05, 3.63) is 52.3 Å². The second kappa shape index (κ2) is 4.27. The number of benzene rings is 1. The van der Waals surface area contributed by atoms with E-state index in [9.17, 15) is 13.2 Å². The van der Waals surface area contributed by atoms with Crippen LogP contribution in [0.1, 0.15) is 5.56 Å². The highest BCUT2D eigenvalue weighted by molar-refractivity contribution is 6.37. The third kappa shape index (κ3) is 2.42. The second-order valence-corrected chi connectivity index (χ2v) is 4.19. The standard InChI is InChI=1S/C11H6Cl2F3N/c12-8-5-7(11(14,15)16)6-9(13)10(8)17-3-1-2-4-17/h1-6H. The molecule has 90 valence electrons. The summed E-state index contributed by atoms with van der Waals surface area (Å²) < 4.78 is 39.1. The third-order valence-electron chi connectivity index (χ3n) is 2.21. The Bertz CT molecular complexity index is 509. The molecule has 2 aromatic rings. The van der Waals surface area contributed by atoms with Gasteiger partial charge in [-0.1, -0.05) is 23.2 Å². The van der Waals surface area contributed by atoms with Crippen LogP contribution in [0.25, 0.3) is 5.69 Å². The van der Waals surface area contributed by atoms with Crippen LogP contribution in [0.15, 0.2) is 36.7 Å². The molecule has 0 radical (unpaired) electrons. The van der Waals surface area contributed by atoms with E-state index in [1.54, 1.807) is 29.1 Å². The summed E-state index contributed by atoms with van der Waals surface area (Å²) in [6.07, 6.45) is -1.15. The van der Waals surface area contributed by atoms with Gasteiger partial charge in [0.25, 0.3) is 0 Å². The summed E-state index contributed by atoms with van der Waals surface area (Å²) in [7, 11) is 0. The monoisotopic (exact) mass is 279 g/mol. The van der Waals surface area contributed by atoms with Crippen LogP contribution >= 0.6 is 23.2 Å². The van der Waals surface area contributed by atoms with E-state index in [1.165, 1.54) is 0 Å². The second-order valence-electron chi connectivity index (χ2n) is 3.38. The Morgan fingerprint density at radius 2 is 1.41 bits per heavy atom. The van der Waals surface area contributed by atoms with Crippen LogP contribution in [-0.2, 0) is 6.18 Å². The van der Waals surface area contributed by atoms with Gasteiger partial charge in [-0.25, -0.2) is 0 Å². The van der Waals surface area contributed by atoms with Gasteiger partial charge in [-0.2, -0.15) is 13.2 Å². The first kappa shape index (κ1) is 12.3. The lowest BCUT2D eigenvalue weighted by atomic mass is 10.2. The highest BCUT2D eigenvalue weighted by atomic mass is 35.5. The number of hydrogen-bond acceptors (Lipinski definition) is 0. The summed E-state index contributed by atoms with van der Waals surface area (Å²) in [4.78, 5) is 0. The van der Waals surface area contributed by atoms with Crippen LogP contribution in [-0.4, -0.2) is 4.57 Å². The van der Waals surface area contributed by atoms with Crippen molar-refractivity contribution < 1.29 is 13.2 Å². The lowest BCUT2D eigenvalue weighted by Gasteiger charge is -2.12. The van der Waals surface area contributed by atoms with Gasteiger partial charge < -0.3 is 4.57 Å². The van der Waals surface area contributed by atoms with Crippen molar-refractivity contribution in [2.45, 2.75) is 6.18 Å². The zero-order valence-electron chi connectivity index (χ0n) is 8.30. The average Bonchev–Trinajstić information content (AvgIpc) is 2.68. The van der Waals surface area contributed by atoms with E-state index < -0.39 is 11.7 Å².